The molecule has 3 aromatic rings. The summed E-state index contributed by atoms with van der Waals surface area (Å²) >= 11 is 6.49. The molecule has 1 saturated carbocycles. The standard InChI is InChI=1S/C32H39ClN8O2/c1-20-27(37-32(43)22-7-12-25(21-5-6-21)26(33)18-22)4-3-13-41(20)28-19-35-29(30(34)42)31(38-28)36-23-8-10-24(11-9-23)40-16-14-39(2)15-17-40/h7-12,18-21,27H,3-6,13-17H2,1-2H3,(H2,34,42)(H,36,38)(H,37,43)/t20-,27-/m1/s1. The van der Waals surface area contributed by atoms with Crippen LogP contribution in [-0.4, -0.2) is 78.5 Å². The number of anilines is 4. The van der Waals surface area contributed by atoms with Crippen molar-refractivity contribution >= 4 is 46.4 Å². The van der Waals surface area contributed by atoms with Crippen molar-refractivity contribution in [3.8, 4) is 0 Å². The molecule has 10 nitrogen and oxygen atoms in total. The number of amides is 2. The number of nitrogens with one attached hydrogen (secondary N) is 2. The maximum atomic E-state index is 13.2. The number of hydrogen-bond donors (Lipinski definition) is 3. The Morgan fingerprint density at radius 2 is 1.74 bits per heavy atom. The zero-order chi connectivity index (χ0) is 30.1. The van der Waals surface area contributed by atoms with Crippen LogP contribution in [0.25, 0.3) is 0 Å². The van der Waals surface area contributed by atoms with E-state index in [2.05, 4.69) is 56.4 Å². The highest BCUT2D eigenvalue weighted by Crippen LogP contribution is 2.43. The van der Waals surface area contributed by atoms with Gasteiger partial charge in [0.25, 0.3) is 11.8 Å². The lowest BCUT2D eigenvalue weighted by atomic mass is 9.96. The minimum absolute atomic E-state index is 0.0524. The van der Waals surface area contributed by atoms with Gasteiger partial charge in [0.15, 0.2) is 11.5 Å². The van der Waals surface area contributed by atoms with Gasteiger partial charge in [-0.2, -0.15) is 0 Å². The van der Waals surface area contributed by atoms with Crippen LogP contribution in [-0.2, 0) is 0 Å². The van der Waals surface area contributed by atoms with E-state index in [1.54, 1.807) is 12.3 Å². The van der Waals surface area contributed by atoms with Gasteiger partial charge in [0.1, 0.15) is 5.82 Å². The number of nitrogens with zero attached hydrogens (tertiary/aromatic N) is 5. The molecule has 11 heteroatoms. The molecule has 2 atom stereocenters. The van der Waals surface area contributed by atoms with Gasteiger partial charge in [-0.15, -0.1) is 0 Å². The number of likely N-dealkylation sites (N-methyl/N-ethyl adjacent to an activating group) is 1. The van der Waals surface area contributed by atoms with E-state index < -0.39 is 5.91 Å². The van der Waals surface area contributed by atoms with Crippen molar-refractivity contribution < 1.29 is 9.59 Å². The first-order valence-corrected chi connectivity index (χ1v) is 15.5. The summed E-state index contributed by atoms with van der Waals surface area (Å²) in [6, 6.07) is 13.6. The number of benzene rings is 2. The predicted molar refractivity (Wildman–Crippen MR) is 171 cm³/mol. The highest BCUT2D eigenvalue weighted by molar-refractivity contribution is 6.31. The monoisotopic (exact) mass is 602 g/mol. The van der Waals surface area contributed by atoms with E-state index in [0.717, 1.165) is 75.3 Å². The molecule has 0 radical (unpaired) electrons. The fourth-order valence-electron chi connectivity index (χ4n) is 6.05. The van der Waals surface area contributed by atoms with Gasteiger partial charge in [-0.25, -0.2) is 9.97 Å². The summed E-state index contributed by atoms with van der Waals surface area (Å²) in [5, 5.41) is 7.13. The molecule has 2 aromatic carbocycles. The molecule has 2 aliphatic heterocycles. The largest absolute Gasteiger partial charge is 0.369 e. The highest BCUT2D eigenvalue weighted by atomic mass is 35.5. The van der Waals surface area contributed by atoms with Crippen LogP contribution in [0.3, 0.4) is 0 Å². The van der Waals surface area contributed by atoms with Gasteiger partial charge in [0.05, 0.1) is 6.20 Å². The van der Waals surface area contributed by atoms with Crippen molar-refractivity contribution in [2.45, 2.75) is 50.6 Å². The molecule has 6 rings (SSSR count). The summed E-state index contributed by atoms with van der Waals surface area (Å²) in [6.45, 7) is 6.86. The summed E-state index contributed by atoms with van der Waals surface area (Å²) in [7, 11) is 2.14. The smallest absolute Gasteiger partial charge is 0.271 e. The number of rotatable bonds is 8. The van der Waals surface area contributed by atoms with E-state index in [1.165, 1.54) is 0 Å². The van der Waals surface area contributed by atoms with Crippen LogP contribution in [0.5, 0.6) is 0 Å². The first-order valence-electron chi connectivity index (χ1n) is 15.1. The molecule has 0 spiro atoms. The van der Waals surface area contributed by atoms with E-state index in [4.69, 9.17) is 22.3 Å². The predicted octanol–water partition coefficient (Wildman–Crippen LogP) is 4.39. The molecule has 1 aliphatic carbocycles. The molecule has 2 saturated heterocycles. The van der Waals surface area contributed by atoms with Gasteiger partial charge in [0, 0.05) is 66.8 Å². The quantitative estimate of drug-likeness (QED) is 0.347. The maximum Gasteiger partial charge on any atom is 0.271 e. The number of aromatic nitrogens is 2. The van der Waals surface area contributed by atoms with Gasteiger partial charge in [-0.1, -0.05) is 17.7 Å². The normalized spacial score (nSPS) is 21.0. The zero-order valence-corrected chi connectivity index (χ0v) is 25.5. The van der Waals surface area contributed by atoms with Crippen LogP contribution in [0, 0.1) is 0 Å². The maximum absolute atomic E-state index is 13.2. The van der Waals surface area contributed by atoms with Gasteiger partial charge >= 0.3 is 0 Å². The summed E-state index contributed by atoms with van der Waals surface area (Å²) in [4.78, 5) is 41.4. The minimum Gasteiger partial charge on any atom is -0.369 e. The van der Waals surface area contributed by atoms with Gasteiger partial charge in [-0.3, -0.25) is 9.59 Å². The van der Waals surface area contributed by atoms with Crippen molar-refractivity contribution in [1.29, 1.82) is 0 Å². The van der Waals surface area contributed by atoms with Crippen LogP contribution < -0.4 is 26.2 Å². The Morgan fingerprint density at radius 1 is 1.00 bits per heavy atom. The molecule has 3 heterocycles. The molecule has 1 aromatic heterocycles. The van der Waals surface area contributed by atoms with Gasteiger partial charge < -0.3 is 31.1 Å². The Hall–Kier alpha value is -3.89. The third-order valence-electron chi connectivity index (χ3n) is 8.87. The number of piperazine rings is 1. The van der Waals surface area contributed by atoms with Crippen molar-refractivity contribution in [1.82, 2.24) is 20.2 Å². The molecule has 2 amide bonds. The first kappa shape index (κ1) is 29.2. The molecular weight excluding hydrogens is 564 g/mol. The molecule has 0 unspecified atom stereocenters. The van der Waals surface area contributed by atoms with Crippen molar-refractivity contribution in [3.63, 3.8) is 0 Å². The van der Waals surface area contributed by atoms with Crippen LogP contribution in [0.1, 0.15) is 64.9 Å². The summed E-state index contributed by atoms with van der Waals surface area (Å²) < 4.78 is 0. The second-order valence-electron chi connectivity index (χ2n) is 11.9. The Labute approximate surface area is 257 Å². The van der Waals surface area contributed by atoms with E-state index in [1.807, 2.05) is 24.3 Å². The molecule has 43 heavy (non-hydrogen) atoms. The number of halogens is 1. The summed E-state index contributed by atoms with van der Waals surface area (Å²) in [5.41, 5.74) is 9.38. The summed E-state index contributed by atoms with van der Waals surface area (Å²) in [5.74, 6) is 0.657. The average molecular weight is 603 g/mol. The molecule has 0 bridgehead atoms. The van der Waals surface area contributed by atoms with Crippen molar-refractivity contribution in [2.24, 2.45) is 5.73 Å². The number of piperidine rings is 1. The molecular formula is C32H39ClN8O2. The van der Waals surface area contributed by atoms with E-state index >= 15 is 0 Å². The fourth-order valence-corrected chi connectivity index (χ4v) is 6.38. The van der Waals surface area contributed by atoms with E-state index in [-0.39, 0.29) is 23.7 Å². The van der Waals surface area contributed by atoms with Crippen LogP contribution in [0.2, 0.25) is 5.02 Å². The Morgan fingerprint density at radius 3 is 2.42 bits per heavy atom. The Kier molecular flexibility index (Phi) is 8.41. The van der Waals surface area contributed by atoms with Crippen LogP contribution in [0.4, 0.5) is 23.0 Å². The SMILES string of the molecule is C[C@@H]1[C@H](NC(=O)c2ccc(C3CC3)c(Cl)c2)CCCN1c1cnc(C(N)=O)c(Nc2ccc(N3CCN(C)CC3)cc2)n1. The second kappa shape index (κ2) is 12.4. The third-order valence-corrected chi connectivity index (χ3v) is 9.20. The average Bonchev–Trinajstić information content (AvgIpc) is 3.84. The third kappa shape index (κ3) is 6.55. The molecule has 3 aliphatic rings. The lowest BCUT2D eigenvalue weighted by Gasteiger charge is -2.40. The number of hydrogen-bond acceptors (Lipinski definition) is 8. The van der Waals surface area contributed by atoms with Crippen molar-refractivity contribution in [3.05, 3.63) is 70.5 Å². The van der Waals surface area contributed by atoms with Crippen molar-refractivity contribution in [2.75, 3.05) is 54.9 Å². The molecule has 3 fully saturated rings. The van der Waals surface area contributed by atoms with E-state index in [0.29, 0.717) is 28.1 Å². The molecule has 226 valence electrons. The second-order valence-corrected chi connectivity index (χ2v) is 12.3. The number of carbonyl (C=O) groups excluding carboxylic acids is 2. The Bertz CT molecular complexity index is 1490. The lowest BCUT2D eigenvalue weighted by molar-refractivity contribution is 0.0923. The number of nitrogens with two attached hydrogens (primary N) is 1. The number of primary amides is 1. The van der Waals surface area contributed by atoms with Gasteiger partial charge in [0.2, 0.25) is 0 Å². The first-order chi connectivity index (χ1) is 20.8. The van der Waals surface area contributed by atoms with Crippen LogP contribution in [0.15, 0.2) is 48.7 Å². The number of carbonyl (C=O) groups is 2. The fraction of sp³-hybridized carbons (Fsp3) is 0.438. The van der Waals surface area contributed by atoms with Gasteiger partial charge in [-0.05, 0) is 87.5 Å². The van der Waals surface area contributed by atoms with E-state index in [9.17, 15) is 9.59 Å². The van der Waals surface area contributed by atoms with Crippen LogP contribution >= 0.6 is 11.6 Å². The molecule has 4 N–H and O–H groups in total. The zero-order valence-electron chi connectivity index (χ0n) is 24.7. The topological polar surface area (TPSA) is 120 Å². The Balaban J connectivity index is 1.16. The highest BCUT2D eigenvalue weighted by Gasteiger charge is 2.32. The summed E-state index contributed by atoms with van der Waals surface area (Å²) in [6.07, 6.45) is 5.61. The lowest BCUT2D eigenvalue weighted by Crippen LogP contribution is -2.54. The minimum atomic E-state index is -0.654.